The highest BCUT2D eigenvalue weighted by molar-refractivity contribution is 6.04. The Kier molecular flexibility index (Phi) is 4.15. The molecule has 0 N–H and O–H groups in total. The van der Waals surface area contributed by atoms with E-state index in [1.165, 1.54) is 6.07 Å². The summed E-state index contributed by atoms with van der Waals surface area (Å²) in [4.78, 5) is 16.2. The summed E-state index contributed by atoms with van der Waals surface area (Å²) in [6.07, 6.45) is 0. The van der Waals surface area contributed by atoms with Crippen molar-refractivity contribution in [3.8, 4) is 11.1 Å². The van der Waals surface area contributed by atoms with Gasteiger partial charge in [0.25, 0.3) is 5.91 Å². The summed E-state index contributed by atoms with van der Waals surface area (Å²) in [6, 6.07) is 21.5. The second-order valence-electron chi connectivity index (χ2n) is 5.17. The Bertz CT molecular complexity index is 816. The summed E-state index contributed by atoms with van der Waals surface area (Å²) in [6.45, 7) is 1.75. The molecule has 0 radical (unpaired) electrons. The van der Waals surface area contributed by atoms with Crippen molar-refractivity contribution >= 4 is 11.7 Å². The van der Waals surface area contributed by atoms with Crippen LogP contribution in [0, 0.1) is 6.92 Å². The van der Waals surface area contributed by atoms with Gasteiger partial charge in [-0.05, 0) is 42.3 Å². The molecule has 0 unspecified atom stereocenters. The summed E-state index contributed by atoms with van der Waals surface area (Å²) < 4.78 is 14.2. The van der Waals surface area contributed by atoms with E-state index >= 15 is 0 Å². The van der Waals surface area contributed by atoms with Crippen LogP contribution in [0.5, 0.6) is 0 Å². The Morgan fingerprint density at radius 1 is 0.870 bits per heavy atom. The Morgan fingerprint density at radius 2 is 1.52 bits per heavy atom. The van der Waals surface area contributed by atoms with Gasteiger partial charge in [-0.25, -0.2) is 4.98 Å². The summed E-state index contributed by atoms with van der Waals surface area (Å²) in [5.41, 5.74) is 2.94. The molecule has 4 heteroatoms. The second kappa shape index (κ2) is 6.40. The van der Waals surface area contributed by atoms with Crippen LogP contribution in [0.15, 0.2) is 72.8 Å². The zero-order valence-electron chi connectivity index (χ0n) is 12.6. The molecule has 0 aliphatic heterocycles. The van der Waals surface area contributed by atoms with Crippen LogP contribution >= 0.6 is 0 Å². The van der Waals surface area contributed by atoms with Gasteiger partial charge in [-0.15, -0.1) is 5.12 Å². The van der Waals surface area contributed by atoms with Crippen LogP contribution in [0.25, 0.3) is 11.1 Å². The number of benzene rings is 2. The third kappa shape index (κ3) is 3.26. The van der Waals surface area contributed by atoms with Gasteiger partial charge in [0.2, 0.25) is 0 Å². The van der Waals surface area contributed by atoms with Crippen LogP contribution in [-0.2, 0) is 0 Å². The molecule has 0 saturated carbocycles. The average molecular weight is 306 g/mol. The zero-order valence-corrected chi connectivity index (χ0v) is 12.6. The Morgan fingerprint density at radius 3 is 2.17 bits per heavy atom. The number of anilines is 1. The largest absolute Gasteiger partial charge is 0.287 e. The quantitative estimate of drug-likeness (QED) is 0.663. The molecular formula is C19H15FN2O. The van der Waals surface area contributed by atoms with Crippen LogP contribution in [0.1, 0.15) is 16.1 Å². The highest BCUT2D eigenvalue weighted by Gasteiger charge is 2.18. The average Bonchev–Trinajstić information content (AvgIpc) is 2.61. The number of hydrogen-bond acceptors (Lipinski definition) is 2. The Balaban J connectivity index is 1.83. The number of carbonyl (C=O) groups excluding carboxylic acids is 1. The first-order chi connectivity index (χ1) is 11.1. The summed E-state index contributed by atoms with van der Waals surface area (Å²) >= 11 is 0. The smallest absolute Gasteiger partial charge is 0.266 e. The van der Waals surface area contributed by atoms with Crippen molar-refractivity contribution in [3.63, 3.8) is 0 Å². The third-order valence-corrected chi connectivity index (χ3v) is 3.49. The predicted octanol–water partition coefficient (Wildman–Crippen LogP) is 4.59. The minimum atomic E-state index is -0.734. The summed E-state index contributed by atoms with van der Waals surface area (Å²) in [5, 5.41) is 0.0739. The van der Waals surface area contributed by atoms with Crippen LogP contribution < -0.4 is 5.12 Å². The SMILES string of the molecule is Cc1cccc(N(F)C(=O)c2ccc(-c3ccccc3)cc2)n1. The number of aromatic nitrogens is 1. The van der Waals surface area contributed by atoms with Gasteiger partial charge in [0.05, 0.1) is 0 Å². The maximum absolute atomic E-state index is 14.2. The van der Waals surface area contributed by atoms with Gasteiger partial charge in [-0.1, -0.05) is 53.0 Å². The van der Waals surface area contributed by atoms with Gasteiger partial charge in [0, 0.05) is 11.3 Å². The van der Waals surface area contributed by atoms with E-state index in [2.05, 4.69) is 4.98 Å². The number of carbonyl (C=O) groups is 1. The first-order valence-electron chi connectivity index (χ1n) is 7.24. The third-order valence-electron chi connectivity index (χ3n) is 3.49. The highest BCUT2D eigenvalue weighted by atomic mass is 19.2. The number of pyridine rings is 1. The Labute approximate surface area is 134 Å². The fourth-order valence-corrected chi connectivity index (χ4v) is 2.29. The van der Waals surface area contributed by atoms with Gasteiger partial charge in [-0.2, -0.15) is 0 Å². The van der Waals surface area contributed by atoms with E-state index < -0.39 is 5.91 Å². The molecule has 1 amide bonds. The van der Waals surface area contributed by atoms with Crippen LogP contribution in [0.3, 0.4) is 0 Å². The normalized spacial score (nSPS) is 10.3. The molecule has 2 aromatic carbocycles. The van der Waals surface area contributed by atoms with Gasteiger partial charge >= 0.3 is 0 Å². The molecule has 23 heavy (non-hydrogen) atoms. The number of nitrogens with zero attached hydrogens (tertiary/aromatic N) is 2. The van der Waals surface area contributed by atoms with E-state index in [1.54, 1.807) is 43.3 Å². The lowest BCUT2D eigenvalue weighted by Gasteiger charge is -2.12. The molecule has 3 rings (SSSR count). The minimum Gasteiger partial charge on any atom is -0.266 e. The van der Waals surface area contributed by atoms with E-state index in [9.17, 15) is 9.28 Å². The number of amides is 1. The summed E-state index contributed by atoms with van der Waals surface area (Å²) in [5.74, 6) is -0.746. The molecule has 3 nitrogen and oxygen atoms in total. The molecule has 3 aromatic rings. The van der Waals surface area contributed by atoms with Gasteiger partial charge in [-0.3, -0.25) is 4.79 Å². The number of aryl methyl sites for hydroxylation is 1. The molecule has 1 aromatic heterocycles. The molecule has 0 bridgehead atoms. The van der Waals surface area contributed by atoms with Crippen LogP contribution in [0.2, 0.25) is 0 Å². The van der Waals surface area contributed by atoms with Gasteiger partial charge in [0.15, 0.2) is 5.82 Å². The first-order valence-corrected chi connectivity index (χ1v) is 7.24. The topological polar surface area (TPSA) is 33.2 Å². The molecule has 0 saturated heterocycles. The van der Waals surface area contributed by atoms with Gasteiger partial charge < -0.3 is 0 Å². The van der Waals surface area contributed by atoms with Crippen molar-refractivity contribution < 1.29 is 9.28 Å². The Hall–Kier alpha value is -3.01. The number of rotatable bonds is 3. The molecule has 114 valence electrons. The lowest BCUT2D eigenvalue weighted by atomic mass is 10.0. The standard InChI is InChI=1S/C19H15FN2O/c1-14-6-5-9-18(21-14)22(20)19(23)17-12-10-16(11-13-17)15-7-3-2-4-8-15/h2-13H,1H3. The molecule has 0 aliphatic carbocycles. The monoisotopic (exact) mass is 306 g/mol. The fourth-order valence-electron chi connectivity index (χ4n) is 2.29. The highest BCUT2D eigenvalue weighted by Crippen LogP contribution is 2.21. The lowest BCUT2D eigenvalue weighted by Crippen LogP contribution is -2.23. The fraction of sp³-hybridized carbons (Fsp3) is 0.0526. The van der Waals surface area contributed by atoms with E-state index in [1.807, 2.05) is 30.3 Å². The molecule has 0 atom stereocenters. The van der Waals surface area contributed by atoms with E-state index in [0.29, 0.717) is 5.69 Å². The molecule has 0 fully saturated rings. The van der Waals surface area contributed by atoms with Crippen molar-refractivity contribution in [1.29, 1.82) is 0 Å². The second-order valence-corrected chi connectivity index (χ2v) is 5.17. The minimum absolute atomic E-state index is 0.0119. The van der Waals surface area contributed by atoms with E-state index in [4.69, 9.17) is 0 Å². The molecule has 1 heterocycles. The van der Waals surface area contributed by atoms with Crippen molar-refractivity contribution in [3.05, 3.63) is 84.1 Å². The van der Waals surface area contributed by atoms with Crippen LogP contribution in [0.4, 0.5) is 10.3 Å². The van der Waals surface area contributed by atoms with E-state index in [-0.39, 0.29) is 16.5 Å². The molecule has 0 aliphatic rings. The molecular weight excluding hydrogens is 291 g/mol. The maximum Gasteiger partial charge on any atom is 0.287 e. The van der Waals surface area contributed by atoms with Crippen LogP contribution in [-0.4, -0.2) is 10.9 Å². The zero-order chi connectivity index (χ0) is 16.2. The first kappa shape index (κ1) is 14.9. The van der Waals surface area contributed by atoms with Crippen molar-refractivity contribution in [2.24, 2.45) is 0 Å². The maximum atomic E-state index is 14.2. The summed E-state index contributed by atoms with van der Waals surface area (Å²) in [7, 11) is 0. The predicted molar refractivity (Wildman–Crippen MR) is 88.8 cm³/mol. The number of halogens is 1. The van der Waals surface area contributed by atoms with Crippen molar-refractivity contribution in [1.82, 2.24) is 4.98 Å². The van der Waals surface area contributed by atoms with Gasteiger partial charge in [0.1, 0.15) is 0 Å². The van der Waals surface area contributed by atoms with E-state index in [0.717, 1.165) is 11.1 Å². The van der Waals surface area contributed by atoms with Crippen molar-refractivity contribution in [2.45, 2.75) is 6.92 Å². The molecule has 0 spiro atoms. The lowest BCUT2D eigenvalue weighted by molar-refractivity contribution is 0.0930. The number of hydrogen-bond donors (Lipinski definition) is 0. The van der Waals surface area contributed by atoms with Crippen molar-refractivity contribution in [2.75, 3.05) is 5.12 Å².